The lowest BCUT2D eigenvalue weighted by Gasteiger charge is -2.02. The molecule has 1 aromatic carbocycles. The molecule has 0 bridgehead atoms. The number of benzene rings is 1. The molecule has 1 aromatic heterocycles. The van der Waals surface area contributed by atoms with Crippen molar-refractivity contribution in [1.29, 1.82) is 0 Å². The van der Waals surface area contributed by atoms with E-state index < -0.39 is 0 Å². The van der Waals surface area contributed by atoms with E-state index >= 15 is 0 Å². The summed E-state index contributed by atoms with van der Waals surface area (Å²) in [5.74, 6) is 5.62. The van der Waals surface area contributed by atoms with Crippen molar-refractivity contribution in [3.63, 3.8) is 0 Å². The predicted octanol–water partition coefficient (Wildman–Crippen LogP) is 2.44. The minimum absolute atomic E-state index is 0.0649. The fourth-order valence-electron chi connectivity index (χ4n) is 1.52. The number of carbonyl (C=O) groups is 1. The average molecular weight is 286 g/mol. The molecular formula is C15H14N2O2S. The Labute approximate surface area is 121 Å². The standard InChI is InChI=1S/C15H14N2O2S/c1-11-16-10-14(20-11)15(19)17-13-7-5-12(6-8-13)4-2-3-9-18/h5-8,10,18H,3,9H2,1H3,(H,17,19). The van der Waals surface area contributed by atoms with Crippen molar-refractivity contribution in [3.8, 4) is 11.8 Å². The number of thiazole rings is 1. The van der Waals surface area contributed by atoms with Gasteiger partial charge < -0.3 is 10.4 Å². The van der Waals surface area contributed by atoms with Crippen molar-refractivity contribution < 1.29 is 9.90 Å². The highest BCUT2D eigenvalue weighted by atomic mass is 32.1. The molecule has 0 aliphatic heterocycles. The van der Waals surface area contributed by atoms with E-state index in [0.717, 1.165) is 10.6 Å². The lowest BCUT2D eigenvalue weighted by Crippen LogP contribution is -2.09. The molecule has 1 heterocycles. The van der Waals surface area contributed by atoms with E-state index in [0.29, 0.717) is 17.0 Å². The third-order valence-electron chi connectivity index (χ3n) is 2.46. The van der Waals surface area contributed by atoms with Crippen molar-refractivity contribution in [2.75, 3.05) is 11.9 Å². The minimum atomic E-state index is -0.158. The Morgan fingerprint density at radius 2 is 2.15 bits per heavy atom. The van der Waals surface area contributed by atoms with Crippen LogP contribution in [-0.2, 0) is 0 Å². The van der Waals surface area contributed by atoms with Crippen molar-refractivity contribution in [2.24, 2.45) is 0 Å². The highest BCUT2D eigenvalue weighted by molar-refractivity contribution is 7.13. The molecule has 0 fully saturated rings. The van der Waals surface area contributed by atoms with Crippen molar-refractivity contribution in [2.45, 2.75) is 13.3 Å². The lowest BCUT2D eigenvalue weighted by molar-refractivity contribution is 0.103. The zero-order valence-electron chi connectivity index (χ0n) is 11.0. The molecule has 102 valence electrons. The number of nitrogens with zero attached hydrogens (tertiary/aromatic N) is 1. The van der Waals surface area contributed by atoms with Gasteiger partial charge in [0.2, 0.25) is 0 Å². The molecular weight excluding hydrogens is 272 g/mol. The Balaban J connectivity index is 2.01. The van der Waals surface area contributed by atoms with Gasteiger partial charge in [0.15, 0.2) is 0 Å². The van der Waals surface area contributed by atoms with Gasteiger partial charge in [-0.1, -0.05) is 11.8 Å². The van der Waals surface area contributed by atoms with Gasteiger partial charge in [0, 0.05) is 17.7 Å². The first-order chi connectivity index (χ1) is 9.69. The largest absolute Gasteiger partial charge is 0.395 e. The van der Waals surface area contributed by atoms with E-state index in [9.17, 15) is 4.79 Å². The number of amides is 1. The van der Waals surface area contributed by atoms with E-state index in [1.54, 1.807) is 18.3 Å². The number of anilines is 1. The Morgan fingerprint density at radius 3 is 2.75 bits per heavy atom. The van der Waals surface area contributed by atoms with Gasteiger partial charge >= 0.3 is 0 Å². The highest BCUT2D eigenvalue weighted by Crippen LogP contribution is 2.15. The summed E-state index contributed by atoms with van der Waals surface area (Å²) in [7, 11) is 0. The number of carbonyl (C=O) groups excluding carboxylic acids is 1. The molecule has 2 rings (SSSR count). The smallest absolute Gasteiger partial charge is 0.267 e. The molecule has 4 nitrogen and oxygen atoms in total. The van der Waals surface area contributed by atoms with Gasteiger partial charge in [-0.25, -0.2) is 4.98 Å². The van der Waals surface area contributed by atoms with Gasteiger partial charge in [0.1, 0.15) is 4.88 Å². The highest BCUT2D eigenvalue weighted by Gasteiger charge is 2.08. The summed E-state index contributed by atoms with van der Waals surface area (Å²) in [5, 5.41) is 12.3. The number of aryl methyl sites for hydroxylation is 1. The van der Waals surface area contributed by atoms with Gasteiger partial charge in [-0.05, 0) is 31.2 Å². The van der Waals surface area contributed by atoms with E-state index in [1.807, 2.05) is 19.1 Å². The summed E-state index contributed by atoms with van der Waals surface area (Å²) < 4.78 is 0. The maximum atomic E-state index is 11.9. The third kappa shape index (κ3) is 3.92. The number of hydrogen-bond acceptors (Lipinski definition) is 4. The quantitative estimate of drug-likeness (QED) is 0.852. The van der Waals surface area contributed by atoms with Gasteiger partial charge in [-0.3, -0.25) is 4.79 Å². The van der Waals surface area contributed by atoms with E-state index in [-0.39, 0.29) is 12.5 Å². The van der Waals surface area contributed by atoms with Crippen LogP contribution in [0.15, 0.2) is 30.5 Å². The molecule has 0 aliphatic rings. The number of rotatable bonds is 3. The normalized spacial score (nSPS) is 9.70. The Bertz CT molecular complexity index is 651. The Hall–Kier alpha value is -2.16. The SMILES string of the molecule is Cc1ncc(C(=O)Nc2ccc(C#CCCO)cc2)s1. The molecule has 0 saturated heterocycles. The number of aliphatic hydroxyl groups is 1. The van der Waals surface area contributed by atoms with E-state index in [1.165, 1.54) is 11.3 Å². The first-order valence-electron chi connectivity index (χ1n) is 6.12. The van der Waals surface area contributed by atoms with Crippen LogP contribution < -0.4 is 5.32 Å². The number of aliphatic hydroxyl groups excluding tert-OH is 1. The van der Waals surface area contributed by atoms with Crippen LogP contribution in [0.4, 0.5) is 5.69 Å². The second-order valence-corrected chi connectivity index (χ2v) is 5.29. The summed E-state index contributed by atoms with van der Waals surface area (Å²) in [5.41, 5.74) is 1.57. The van der Waals surface area contributed by atoms with Gasteiger partial charge in [0.25, 0.3) is 5.91 Å². The van der Waals surface area contributed by atoms with Gasteiger partial charge in [0.05, 0.1) is 17.8 Å². The van der Waals surface area contributed by atoms with Crippen molar-refractivity contribution >= 4 is 22.9 Å². The summed E-state index contributed by atoms with van der Waals surface area (Å²) in [4.78, 5) is 16.6. The van der Waals surface area contributed by atoms with Gasteiger partial charge in [-0.2, -0.15) is 0 Å². The number of nitrogens with one attached hydrogen (secondary N) is 1. The summed E-state index contributed by atoms with van der Waals surface area (Å²) >= 11 is 1.36. The topological polar surface area (TPSA) is 62.2 Å². The molecule has 2 N–H and O–H groups in total. The van der Waals surface area contributed by atoms with Crippen molar-refractivity contribution in [3.05, 3.63) is 45.9 Å². The first-order valence-corrected chi connectivity index (χ1v) is 6.94. The van der Waals surface area contributed by atoms with E-state index in [2.05, 4.69) is 22.1 Å². The fraction of sp³-hybridized carbons (Fsp3) is 0.200. The number of aromatic nitrogens is 1. The summed E-state index contributed by atoms with van der Waals surface area (Å²) in [6, 6.07) is 7.26. The summed E-state index contributed by atoms with van der Waals surface area (Å²) in [6.07, 6.45) is 2.04. The first kappa shape index (κ1) is 14.3. The molecule has 1 amide bonds. The monoisotopic (exact) mass is 286 g/mol. The van der Waals surface area contributed by atoms with Crippen LogP contribution in [0.3, 0.4) is 0 Å². The van der Waals surface area contributed by atoms with Crippen LogP contribution in [-0.4, -0.2) is 22.6 Å². The third-order valence-corrected chi connectivity index (χ3v) is 3.37. The molecule has 5 heteroatoms. The second-order valence-electron chi connectivity index (χ2n) is 4.05. The van der Waals surface area contributed by atoms with Gasteiger partial charge in [-0.15, -0.1) is 11.3 Å². The lowest BCUT2D eigenvalue weighted by atomic mass is 10.2. The molecule has 0 saturated carbocycles. The van der Waals surface area contributed by atoms with Crippen LogP contribution in [0.5, 0.6) is 0 Å². The zero-order chi connectivity index (χ0) is 14.4. The zero-order valence-corrected chi connectivity index (χ0v) is 11.8. The van der Waals surface area contributed by atoms with Crippen LogP contribution in [0.2, 0.25) is 0 Å². The molecule has 2 aromatic rings. The molecule has 0 spiro atoms. The molecule has 0 aliphatic carbocycles. The maximum absolute atomic E-state index is 11.9. The average Bonchev–Trinajstić information content (AvgIpc) is 2.88. The minimum Gasteiger partial charge on any atom is -0.395 e. The molecule has 20 heavy (non-hydrogen) atoms. The number of hydrogen-bond donors (Lipinski definition) is 2. The Morgan fingerprint density at radius 1 is 1.40 bits per heavy atom. The predicted molar refractivity (Wildman–Crippen MR) is 79.8 cm³/mol. The fourth-order valence-corrected chi connectivity index (χ4v) is 2.19. The maximum Gasteiger partial charge on any atom is 0.267 e. The van der Waals surface area contributed by atoms with Crippen LogP contribution in [0.25, 0.3) is 0 Å². The molecule has 0 radical (unpaired) electrons. The molecule has 0 atom stereocenters. The van der Waals surface area contributed by atoms with Crippen LogP contribution in [0.1, 0.15) is 26.7 Å². The second kappa shape index (κ2) is 6.85. The van der Waals surface area contributed by atoms with Crippen molar-refractivity contribution in [1.82, 2.24) is 4.98 Å². The van der Waals surface area contributed by atoms with Crippen LogP contribution in [0, 0.1) is 18.8 Å². The van der Waals surface area contributed by atoms with Crippen LogP contribution >= 0.6 is 11.3 Å². The molecule has 0 unspecified atom stereocenters. The van der Waals surface area contributed by atoms with E-state index in [4.69, 9.17) is 5.11 Å². The Kier molecular flexibility index (Phi) is 4.88. The summed E-state index contributed by atoms with van der Waals surface area (Å²) in [6.45, 7) is 1.93.